The third kappa shape index (κ3) is 4.67. The minimum absolute atomic E-state index is 0.187. The van der Waals surface area contributed by atoms with E-state index < -0.39 is 0 Å². The average molecular weight is 340 g/mol. The predicted octanol–water partition coefficient (Wildman–Crippen LogP) is 3.30. The van der Waals surface area contributed by atoms with E-state index in [1.807, 2.05) is 0 Å². The van der Waals surface area contributed by atoms with Gasteiger partial charge in [0, 0.05) is 31.9 Å². The summed E-state index contributed by atoms with van der Waals surface area (Å²) in [5, 5.41) is 19.3. The molecule has 0 bridgehead atoms. The van der Waals surface area contributed by atoms with Gasteiger partial charge in [-0.25, -0.2) is 0 Å². The first-order valence-electron chi connectivity index (χ1n) is 8.48. The van der Waals surface area contributed by atoms with Crippen LogP contribution >= 0.6 is 0 Å². The lowest BCUT2D eigenvalue weighted by molar-refractivity contribution is 0.230. The van der Waals surface area contributed by atoms with Gasteiger partial charge in [-0.15, -0.1) is 0 Å². The highest BCUT2D eigenvalue weighted by Crippen LogP contribution is 2.21. The summed E-state index contributed by atoms with van der Waals surface area (Å²) < 4.78 is 5.41. The van der Waals surface area contributed by atoms with Crippen LogP contribution in [-0.2, 0) is 0 Å². The molecule has 1 saturated heterocycles. The molecule has 25 heavy (non-hydrogen) atoms. The quantitative estimate of drug-likeness (QED) is 0.818. The van der Waals surface area contributed by atoms with E-state index in [2.05, 4.69) is 41.0 Å². The Morgan fingerprint density at radius 2 is 1.72 bits per heavy atom. The Morgan fingerprint density at radius 1 is 1.04 bits per heavy atom. The van der Waals surface area contributed by atoms with Crippen LogP contribution in [0.4, 0.5) is 5.69 Å². The van der Waals surface area contributed by atoms with Gasteiger partial charge >= 0.3 is 0 Å². The number of benzene rings is 2. The van der Waals surface area contributed by atoms with Crippen molar-refractivity contribution in [2.24, 2.45) is 0 Å². The summed E-state index contributed by atoms with van der Waals surface area (Å²) in [5.41, 5.74) is 2.58. The number of ether oxygens (including phenoxy) is 1. The van der Waals surface area contributed by atoms with Gasteiger partial charge in [0.25, 0.3) is 0 Å². The maximum atomic E-state index is 10.1. The molecule has 1 aliphatic rings. The average Bonchev–Trinajstić information content (AvgIpc) is 2.62. The summed E-state index contributed by atoms with van der Waals surface area (Å²) in [5.74, 6) is 0.957. The number of aromatic hydroxyl groups is 1. The lowest BCUT2D eigenvalue weighted by Gasteiger charge is -2.36. The van der Waals surface area contributed by atoms with Gasteiger partial charge in [-0.3, -0.25) is 4.90 Å². The number of nitrogens with zero attached hydrogens (tertiary/aromatic N) is 2. The van der Waals surface area contributed by atoms with Crippen LogP contribution in [0.1, 0.15) is 5.56 Å². The van der Waals surface area contributed by atoms with Crippen molar-refractivity contribution in [2.75, 3.05) is 37.6 Å². The van der Waals surface area contributed by atoms with Crippen molar-refractivity contribution in [3.8, 4) is 11.5 Å². The number of aryl methyl sites for hydroxylation is 1. The van der Waals surface area contributed by atoms with Gasteiger partial charge in [0.05, 0.1) is 6.54 Å². The molecule has 1 heterocycles. The fourth-order valence-corrected chi connectivity index (χ4v) is 2.99. The number of aliphatic hydroxyl groups is 1. The fraction of sp³-hybridized carbons (Fsp3) is 0.300. The molecular formula is C20H24N2O3. The van der Waals surface area contributed by atoms with E-state index in [9.17, 15) is 10.2 Å². The molecule has 2 aromatic carbocycles. The zero-order valence-corrected chi connectivity index (χ0v) is 14.4. The molecule has 1 fully saturated rings. The molecule has 0 radical (unpaired) electrons. The van der Waals surface area contributed by atoms with Crippen LogP contribution in [-0.4, -0.2) is 47.8 Å². The van der Waals surface area contributed by atoms with E-state index in [1.54, 1.807) is 24.3 Å². The summed E-state index contributed by atoms with van der Waals surface area (Å²) in [4.78, 5) is 4.60. The molecular weight excluding hydrogens is 316 g/mol. The maximum Gasteiger partial charge on any atom is 0.141 e. The highest BCUT2D eigenvalue weighted by Gasteiger charge is 2.18. The molecule has 0 amide bonds. The first-order chi connectivity index (χ1) is 12.1. The van der Waals surface area contributed by atoms with Gasteiger partial charge in [-0.1, -0.05) is 18.2 Å². The first kappa shape index (κ1) is 17.2. The predicted molar refractivity (Wildman–Crippen MR) is 99.3 cm³/mol. The Bertz CT molecular complexity index is 720. The highest BCUT2D eigenvalue weighted by atomic mass is 16.5. The Hall–Kier alpha value is -2.66. The third-order valence-corrected chi connectivity index (χ3v) is 4.38. The van der Waals surface area contributed by atoms with Crippen molar-refractivity contribution in [1.29, 1.82) is 0 Å². The minimum atomic E-state index is 0.187. The monoisotopic (exact) mass is 340 g/mol. The van der Waals surface area contributed by atoms with Crippen molar-refractivity contribution >= 4 is 5.69 Å². The summed E-state index contributed by atoms with van der Waals surface area (Å²) in [6.07, 6.45) is 1.36. The molecule has 0 spiro atoms. The van der Waals surface area contributed by atoms with Gasteiger partial charge in [0.2, 0.25) is 0 Å². The van der Waals surface area contributed by atoms with E-state index in [0.29, 0.717) is 12.3 Å². The topological polar surface area (TPSA) is 56.2 Å². The normalized spacial score (nSPS) is 16.0. The van der Waals surface area contributed by atoms with Crippen LogP contribution in [0.15, 0.2) is 60.6 Å². The van der Waals surface area contributed by atoms with Crippen LogP contribution < -0.4 is 9.64 Å². The molecule has 132 valence electrons. The number of rotatable bonds is 5. The lowest BCUT2D eigenvalue weighted by Crippen LogP contribution is -2.47. The number of hydrogen-bond donors (Lipinski definition) is 2. The van der Waals surface area contributed by atoms with E-state index >= 15 is 0 Å². The van der Waals surface area contributed by atoms with Gasteiger partial charge < -0.3 is 19.8 Å². The molecule has 0 aliphatic carbocycles. The standard InChI is InChI=1S/C20H24N2O3/c1-16-4-2-3-5-20(16)22-12-10-21(11-13-22)14-18(24)15-25-19-8-6-17(23)7-9-19/h2-9,15,23-24H,10-14H2,1H3/b18-15-. The van der Waals surface area contributed by atoms with Crippen molar-refractivity contribution in [3.05, 3.63) is 66.1 Å². The maximum absolute atomic E-state index is 10.1. The molecule has 0 aromatic heterocycles. The van der Waals surface area contributed by atoms with Crippen LogP contribution in [0, 0.1) is 6.92 Å². The molecule has 5 nitrogen and oxygen atoms in total. The Kier molecular flexibility index (Phi) is 5.46. The Balaban J connectivity index is 1.49. The smallest absolute Gasteiger partial charge is 0.141 e. The van der Waals surface area contributed by atoms with E-state index in [4.69, 9.17) is 4.74 Å². The largest absolute Gasteiger partial charge is 0.508 e. The van der Waals surface area contributed by atoms with Gasteiger partial charge in [-0.05, 0) is 42.8 Å². The SMILES string of the molecule is Cc1ccccc1N1CCN(C/C(O)=C/Oc2ccc(O)cc2)CC1. The van der Waals surface area contributed by atoms with Crippen LogP contribution in [0.2, 0.25) is 0 Å². The zero-order valence-electron chi connectivity index (χ0n) is 14.4. The summed E-state index contributed by atoms with van der Waals surface area (Å²) >= 11 is 0. The summed E-state index contributed by atoms with van der Waals surface area (Å²) in [6, 6.07) is 14.8. The fourth-order valence-electron chi connectivity index (χ4n) is 2.99. The van der Waals surface area contributed by atoms with Crippen molar-refractivity contribution in [2.45, 2.75) is 6.92 Å². The zero-order chi connectivity index (χ0) is 17.6. The van der Waals surface area contributed by atoms with Gasteiger partial charge in [0.15, 0.2) is 0 Å². The van der Waals surface area contributed by atoms with Gasteiger partial charge in [0.1, 0.15) is 23.5 Å². The Morgan fingerprint density at radius 3 is 2.40 bits per heavy atom. The minimum Gasteiger partial charge on any atom is -0.508 e. The van der Waals surface area contributed by atoms with E-state index in [0.717, 1.165) is 26.2 Å². The van der Waals surface area contributed by atoms with Crippen molar-refractivity contribution in [1.82, 2.24) is 4.90 Å². The third-order valence-electron chi connectivity index (χ3n) is 4.38. The molecule has 0 unspecified atom stereocenters. The molecule has 0 atom stereocenters. The summed E-state index contributed by atoms with van der Waals surface area (Å²) in [6.45, 7) is 6.28. The second-order valence-electron chi connectivity index (χ2n) is 6.27. The van der Waals surface area contributed by atoms with Crippen LogP contribution in [0.3, 0.4) is 0 Å². The van der Waals surface area contributed by atoms with Crippen molar-refractivity contribution < 1.29 is 14.9 Å². The van der Waals surface area contributed by atoms with Gasteiger partial charge in [-0.2, -0.15) is 0 Å². The summed E-state index contributed by atoms with van der Waals surface area (Å²) in [7, 11) is 0. The molecule has 0 saturated carbocycles. The molecule has 5 heteroatoms. The number of anilines is 1. The number of piperazine rings is 1. The number of phenols is 1. The molecule has 1 aliphatic heterocycles. The Labute approximate surface area is 148 Å². The highest BCUT2D eigenvalue weighted by molar-refractivity contribution is 5.53. The van der Waals surface area contributed by atoms with E-state index in [1.165, 1.54) is 17.5 Å². The number of hydrogen-bond acceptors (Lipinski definition) is 5. The second kappa shape index (κ2) is 7.94. The number of aliphatic hydroxyl groups excluding tert-OH is 1. The van der Waals surface area contributed by atoms with E-state index in [-0.39, 0.29) is 11.5 Å². The number of para-hydroxylation sites is 1. The lowest BCUT2D eigenvalue weighted by atomic mass is 10.1. The molecule has 3 rings (SSSR count). The second-order valence-corrected chi connectivity index (χ2v) is 6.27. The number of phenolic OH excluding ortho intramolecular Hbond substituents is 1. The first-order valence-corrected chi connectivity index (χ1v) is 8.48. The molecule has 2 aromatic rings. The van der Waals surface area contributed by atoms with Crippen molar-refractivity contribution in [3.63, 3.8) is 0 Å². The van der Waals surface area contributed by atoms with Crippen LogP contribution in [0.5, 0.6) is 11.5 Å². The van der Waals surface area contributed by atoms with Crippen LogP contribution in [0.25, 0.3) is 0 Å². The molecule has 2 N–H and O–H groups in total.